The first kappa shape index (κ1) is 29.3. The van der Waals surface area contributed by atoms with Crippen LogP contribution in [0.3, 0.4) is 0 Å². The highest BCUT2D eigenvalue weighted by Crippen LogP contribution is 2.40. The summed E-state index contributed by atoms with van der Waals surface area (Å²) >= 11 is 0. The second-order valence-electron chi connectivity index (χ2n) is 10.7. The van der Waals surface area contributed by atoms with Crippen molar-refractivity contribution >= 4 is 20.2 Å². The van der Waals surface area contributed by atoms with Crippen LogP contribution in [0.1, 0.15) is 127 Å². The lowest BCUT2D eigenvalue weighted by atomic mass is 9.89. The minimum atomic E-state index is -4.50. The normalized spacial score (nSPS) is 13.0. The predicted octanol–water partition coefficient (Wildman–Crippen LogP) is 7.32. The topological polar surface area (TPSA) is 97.7 Å². The fraction of sp³-hybridized carbons (Fsp3) is 0.556. The van der Waals surface area contributed by atoms with Gasteiger partial charge in [0.05, 0.1) is 4.90 Å². The molecule has 8 heteroatoms. The Labute approximate surface area is 212 Å². The van der Waals surface area contributed by atoms with Gasteiger partial charge in [-0.05, 0) is 69.5 Å². The van der Waals surface area contributed by atoms with E-state index >= 15 is 0 Å². The van der Waals surface area contributed by atoms with E-state index in [1.54, 1.807) is 13.8 Å². The van der Waals surface area contributed by atoms with Crippen molar-refractivity contribution in [2.24, 2.45) is 0 Å². The molecule has 0 spiro atoms. The van der Waals surface area contributed by atoms with Gasteiger partial charge in [-0.1, -0.05) is 81.4 Å². The van der Waals surface area contributed by atoms with Crippen molar-refractivity contribution in [1.29, 1.82) is 0 Å². The SMILES string of the molecule is CC(C)c1cc(C(C)C)c(S(=O)(=O)Oc2cc(C(C)C)c(S(=O)(=O)O)cc2C(C)C)c(C(C)C)c1. The molecule has 0 fully saturated rings. The maximum Gasteiger partial charge on any atom is 0.339 e. The number of rotatable bonds is 9. The van der Waals surface area contributed by atoms with E-state index in [0.29, 0.717) is 22.3 Å². The van der Waals surface area contributed by atoms with Crippen LogP contribution >= 0.6 is 0 Å². The Balaban J connectivity index is 2.87. The van der Waals surface area contributed by atoms with Crippen LogP contribution in [0.25, 0.3) is 0 Å². The molecule has 1 N–H and O–H groups in total. The molecule has 0 saturated heterocycles. The third-order valence-corrected chi connectivity index (χ3v) is 8.47. The molecule has 2 rings (SSSR count). The van der Waals surface area contributed by atoms with E-state index in [9.17, 15) is 21.4 Å². The Morgan fingerprint density at radius 3 is 1.37 bits per heavy atom. The van der Waals surface area contributed by atoms with Gasteiger partial charge < -0.3 is 4.18 Å². The zero-order chi connectivity index (χ0) is 27.0. The average molecular weight is 525 g/mol. The van der Waals surface area contributed by atoms with E-state index in [2.05, 4.69) is 13.8 Å². The van der Waals surface area contributed by atoms with Gasteiger partial charge in [-0.15, -0.1) is 0 Å². The zero-order valence-electron chi connectivity index (χ0n) is 22.5. The van der Waals surface area contributed by atoms with Crippen LogP contribution < -0.4 is 4.18 Å². The molecule has 0 amide bonds. The summed E-state index contributed by atoms with van der Waals surface area (Å²) in [5.41, 5.74) is 3.15. The van der Waals surface area contributed by atoms with Gasteiger partial charge >= 0.3 is 10.1 Å². The van der Waals surface area contributed by atoms with Crippen LogP contribution in [0.4, 0.5) is 0 Å². The first-order chi connectivity index (χ1) is 15.9. The molecule has 0 aliphatic carbocycles. The quantitative estimate of drug-likeness (QED) is 0.273. The minimum Gasteiger partial charge on any atom is -0.379 e. The summed E-state index contributed by atoms with van der Waals surface area (Å²) in [6, 6.07) is 6.66. The summed E-state index contributed by atoms with van der Waals surface area (Å²) in [4.78, 5) is -0.0560. The van der Waals surface area contributed by atoms with E-state index < -0.39 is 20.2 Å². The fourth-order valence-corrected chi connectivity index (χ4v) is 6.63. The van der Waals surface area contributed by atoms with E-state index in [1.807, 2.05) is 53.7 Å². The first-order valence-electron chi connectivity index (χ1n) is 12.2. The molecule has 2 aromatic carbocycles. The molecule has 2 aromatic rings. The molecule has 0 atom stereocenters. The zero-order valence-corrected chi connectivity index (χ0v) is 24.1. The molecular weight excluding hydrogens is 484 g/mol. The monoisotopic (exact) mass is 524 g/mol. The lowest BCUT2D eigenvalue weighted by Crippen LogP contribution is -2.18. The molecular formula is C27H40O6S2. The minimum absolute atomic E-state index is 0.0581. The van der Waals surface area contributed by atoms with Gasteiger partial charge in [-0.3, -0.25) is 4.55 Å². The summed E-state index contributed by atoms with van der Waals surface area (Å²) in [5.74, 6) is -0.347. The Bertz CT molecular complexity index is 1260. The molecule has 0 aliphatic heterocycles. The summed E-state index contributed by atoms with van der Waals surface area (Å²) in [7, 11) is -8.77. The van der Waals surface area contributed by atoms with Crippen molar-refractivity contribution in [3.8, 4) is 5.75 Å². The smallest absolute Gasteiger partial charge is 0.339 e. The van der Waals surface area contributed by atoms with Gasteiger partial charge in [0.2, 0.25) is 0 Å². The highest BCUT2D eigenvalue weighted by molar-refractivity contribution is 7.87. The molecule has 0 aliphatic rings. The van der Waals surface area contributed by atoms with E-state index in [0.717, 1.165) is 5.56 Å². The standard InChI is InChI=1S/C27H40O6S2/c1-15(2)20-11-23(18(7)8)27(24(12-20)19(9)10)35(31,32)33-25-13-22(17(5)6)26(34(28,29)30)14-21(25)16(3)4/h11-19H,1-10H3,(H,28,29,30). The number of benzene rings is 2. The first-order valence-corrected chi connectivity index (χ1v) is 15.0. The summed E-state index contributed by atoms with van der Waals surface area (Å²) in [6.45, 7) is 19.2. The Kier molecular flexibility index (Phi) is 8.89. The highest BCUT2D eigenvalue weighted by atomic mass is 32.2. The van der Waals surface area contributed by atoms with Gasteiger partial charge in [0.1, 0.15) is 10.6 Å². The van der Waals surface area contributed by atoms with Crippen molar-refractivity contribution in [2.75, 3.05) is 0 Å². The number of hydrogen-bond acceptors (Lipinski definition) is 5. The third-order valence-electron chi connectivity index (χ3n) is 6.19. The Morgan fingerprint density at radius 2 is 1.03 bits per heavy atom. The Hall–Kier alpha value is -1.90. The maximum absolute atomic E-state index is 13.9. The largest absolute Gasteiger partial charge is 0.379 e. The van der Waals surface area contributed by atoms with E-state index in [4.69, 9.17) is 4.18 Å². The van der Waals surface area contributed by atoms with Crippen LogP contribution in [0.5, 0.6) is 5.75 Å². The molecule has 6 nitrogen and oxygen atoms in total. The maximum atomic E-state index is 13.9. The van der Waals surface area contributed by atoms with E-state index in [-0.39, 0.29) is 45.1 Å². The summed E-state index contributed by atoms with van der Waals surface area (Å²) in [5, 5.41) is 0. The molecule has 35 heavy (non-hydrogen) atoms. The van der Waals surface area contributed by atoms with Crippen LogP contribution in [0.2, 0.25) is 0 Å². The summed E-state index contributed by atoms with van der Waals surface area (Å²) < 4.78 is 67.5. The second kappa shape index (κ2) is 10.6. The van der Waals surface area contributed by atoms with Crippen molar-refractivity contribution < 1.29 is 25.6 Å². The van der Waals surface area contributed by atoms with Gasteiger partial charge in [0.25, 0.3) is 10.1 Å². The molecule has 0 saturated carbocycles. The van der Waals surface area contributed by atoms with Crippen molar-refractivity contribution in [3.05, 3.63) is 52.1 Å². The second-order valence-corrected chi connectivity index (χ2v) is 13.6. The third kappa shape index (κ3) is 6.46. The molecule has 0 bridgehead atoms. The lowest BCUT2D eigenvalue weighted by molar-refractivity contribution is 0.474. The van der Waals surface area contributed by atoms with Crippen molar-refractivity contribution in [2.45, 2.75) is 109 Å². The number of hydrogen-bond donors (Lipinski definition) is 1. The molecule has 0 heterocycles. The molecule has 0 radical (unpaired) electrons. The van der Waals surface area contributed by atoms with Crippen LogP contribution in [-0.4, -0.2) is 21.4 Å². The van der Waals surface area contributed by atoms with Crippen molar-refractivity contribution in [1.82, 2.24) is 0 Å². The fourth-order valence-electron chi connectivity index (χ4n) is 4.13. The average Bonchev–Trinajstić information content (AvgIpc) is 2.70. The van der Waals surface area contributed by atoms with Crippen LogP contribution in [0, 0.1) is 0 Å². The van der Waals surface area contributed by atoms with Gasteiger partial charge in [-0.2, -0.15) is 16.8 Å². The van der Waals surface area contributed by atoms with Gasteiger partial charge in [0, 0.05) is 0 Å². The molecule has 196 valence electrons. The lowest BCUT2D eigenvalue weighted by Gasteiger charge is -2.24. The molecule has 0 unspecified atom stereocenters. The van der Waals surface area contributed by atoms with Crippen LogP contribution in [0.15, 0.2) is 34.1 Å². The van der Waals surface area contributed by atoms with Gasteiger partial charge in [0.15, 0.2) is 0 Å². The van der Waals surface area contributed by atoms with E-state index in [1.165, 1.54) is 12.1 Å². The molecule has 0 aromatic heterocycles. The van der Waals surface area contributed by atoms with Crippen molar-refractivity contribution in [3.63, 3.8) is 0 Å². The summed E-state index contributed by atoms with van der Waals surface area (Å²) in [6.07, 6.45) is 0. The predicted molar refractivity (Wildman–Crippen MR) is 141 cm³/mol. The van der Waals surface area contributed by atoms with Gasteiger partial charge in [-0.25, -0.2) is 0 Å². The van der Waals surface area contributed by atoms with Crippen LogP contribution in [-0.2, 0) is 20.2 Å². The Morgan fingerprint density at radius 1 is 0.600 bits per heavy atom. The highest BCUT2D eigenvalue weighted by Gasteiger charge is 2.31.